The van der Waals surface area contributed by atoms with E-state index in [-0.39, 0.29) is 18.2 Å². The smallest absolute Gasteiger partial charge is 0.159 e. The molecule has 25 heavy (non-hydrogen) atoms. The highest BCUT2D eigenvalue weighted by molar-refractivity contribution is 5.97. The van der Waals surface area contributed by atoms with Crippen molar-refractivity contribution in [2.45, 2.75) is 27.3 Å². The normalized spacial score (nSPS) is 10.8. The molecule has 132 valence electrons. The maximum Gasteiger partial charge on any atom is 0.159 e. The van der Waals surface area contributed by atoms with Crippen molar-refractivity contribution < 1.29 is 9.53 Å². The maximum atomic E-state index is 11.7. The molecule has 0 spiro atoms. The van der Waals surface area contributed by atoms with Gasteiger partial charge in [0, 0.05) is 17.7 Å². The number of Topliss-reactive ketones (excluding diaryl/α,β-unsaturated/α-hetero) is 1. The third-order valence-electron chi connectivity index (χ3n) is 4.03. The van der Waals surface area contributed by atoms with E-state index < -0.39 is 0 Å². The first kappa shape index (κ1) is 19.0. The van der Waals surface area contributed by atoms with Gasteiger partial charge in [-0.05, 0) is 43.2 Å². The number of fused-ring (bicyclic) bond motifs is 1. The van der Waals surface area contributed by atoms with Crippen LogP contribution >= 0.6 is 12.4 Å². The number of carbonyl (C=O) groups is 1. The van der Waals surface area contributed by atoms with E-state index >= 15 is 0 Å². The van der Waals surface area contributed by atoms with Gasteiger partial charge in [-0.15, -0.1) is 12.4 Å². The van der Waals surface area contributed by atoms with Crippen molar-refractivity contribution in [2.24, 2.45) is 5.92 Å². The van der Waals surface area contributed by atoms with Crippen molar-refractivity contribution in [2.75, 3.05) is 7.11 Å². The molecule has 1 aromatic heterocycles. The average molecular weight is 359 g/mol. The second-order valence-electron chi connectivity index (χ2n) is 6.43. The summed E-state index contributed by atoms with van der Waals surface area (Å²) >= 11 is 0. The number of nitrogens with zero attached hydrogens (tertiary/aromatic N) is 2. The fourth-order valence-corrected chi connectivity index (χ4v) is 2.88. The van der Waals surface area contributed by atoms with Crippen molar-refractivity contribution in [1.29, 1.82) is 0 Å². The third-order valence-corrected chi connectivity index (χ3v) is 4.03. The van der Waals surface area contributed by atoms with E-state index in [2.05, 4.69) is 18.4 Å². The van der Waals surface area contributed by atoms with Crippen molar-refractivity contribution in [1.82, 2.24) is 9.55 Å². The minimum Gasteiger partial charge on any atom is -0.497 e. The lowest BCUT2D eigenvalue weighted by molar-refractivity contribution is 0.101. The molecule has 0 saturated heterocycles. The Balaban J connectivity index is 0.00000225. The molecule has 0 fully saturated rings. The first-order valence-electron chi connectivity index (χ1n) is 8.15. The van der Waals surface area contributed by atoms with Gasteiger partial charge in [-0.1, -0.05) is 26.0 Å². The molecule has 4 nitrogen and oxygen atoms in total. The molecule has 1 heterocycles. The Bertz CT molecular complexity index is 900. The molecule has 0 radical (unpaired) electrons. The van der Waals surface area contributed by atoms with Gasteiger partial charge in [0.05, 0.1) is 18.1 Å². The molecule has 3 rings (SSSR count). The first-order chi connectivity index (χ1) is 11.5. The van der Waals surface area contributed by atoms with Gasteiger partial charge >= 0.3 is 0 Å². The van der Waals surface area contributed by atoms with Gasteiger partial charge < -0.3 is 9.30 Å². The van der Waals surface area contributed by atoms with Crippen molar-refractivity contribution in [3.05, 3.63) is 48.0 Å². The molecule has 0 atom stereocenters. The van der Waals surface area contributed by atoms with Crippen LogP contribution in [0.5, 0.6) is 5.75 Å². The van der Waals surface area contributed by atoms with Gasteiger partial charge in [0.25, 0.3) is 0 Å². The number of halogens is 1. The molecule has 2 aromatic carbocycles. The summed E-state index contributed by atoms with van der Waals surface area (Å²) in [4.78, 5) is 16.5. The summed E-state index contributed by atoms with van der Waals surface area (Å²) in [6, 6.07) is 13.7. The third kappa shape index (κ3) is 3.85. The summed E-state index contributed by atoms with van der Waals surface area (Å²) in [6.45, 7) is 6.81. The monoisotopic (exact) mass is 358 g/mol. The number of hydrogen-bond acceptors (Lipinski definition) is 3. The lowest BCUT2D eigenvalue weighted by atomic mass is 10.1. The van der Waals surface area contributed by atoms with Crippen LogP contribution in [0.25, 0.3) is 22.4 Å². The molecular weight excluding hydrogens is 336 g/mol. The lowest BCUT2D eigenvalue weighted by Crippen LogP contribution is -2.06. The second-order valence-corrected chi connectivity index (χ2v) is 6.43. The molecule has 5 heteroatoms. The number of methoxy groups -OCH3 is 1. The highest BCUT2D eigenvalue weighted by atomic mass is 35.5. The van der Waals surface area contributed by atoms with Crippen LogP contribution in [0, 0.1) is 5.92 Å². The molecule has 0 N–H and O–H groups in total. The molecule has 0 unspecified atom stereocenters. The SMILES string of the molecule is COc1cccc(-c2nc3cc(C(C)=O)ccc3n2CC(C)C)c1.Cl. The van der Waals surface area contributed by atoms with Crippen LogP contribution in [0.1, 0.15) is 31.1 Å². The Labute approximate surface area is 154 Å². The van der Waals surface area contributed by atoms with E-state index in [4.69, 9.17) is 9.72 Å². The van der Waals surface area contributed by atoms with Crippen LogP contribution in [-0.2, 0) is 6.54 Å². The molecule has 0 aliphatic carbocycles. The van der Waals surface area contributed by atoms with Gasteiger partial charge in [-0.2, -0.15) is 0 Å². The minimum absolute atomic E-state index is 0. The number of ketones is 1. The Morgan fingerprint density at radius 2 is 1.96 bits per heavy atom. The Morgan fingerprint density at radius 1 is 1.20 bits per heavy atom. The summed E-state index contributed by atoms with van der Waals surface area (Å²) in [5.41, 5.74) is 3.59. The van der Waals surface area contributed by atoms with E-state index in [1.165, 1.54) is 0 Å². The molecular formula is C20H23ClN2O2. The van der Waals surface area contributed by atoms with Crippen LogP contribution in [0.4, 0.5) is 0 Å². The van der Waals surface area contributed by atoms with E-state index in [1.807, 2.05) is 42.5 Å². The van der Waals surface area contributed by atoms with E-state index in [9.17, 15) is 4.79 Å². The number of carbonyl (C=O) groups excluding carboxylic acids is 1. The largest absolute Gasteiger partial charge is 0.497 e. The average Bonchev–Trinajstić information content (AvgIpc) is 2.92. The molecule has 0 saturated carbocycles. The number of benzene rings is 2. The Hall–Kier alpha value is -2.33. The molecule has 0 amide bonds. The predicted octanol–water partition coefficient (Wildman–Crippen LogP) is 4.99. The quantitative estimate of drug-likeness (QED) is 0.603. The highest BCUT2D eigenvalue weighted by Gasteiger charge is 2.15. The fraction of sp³-hybridized carbons (Fsp3) is 0.300. The maximum absolute atomic E-state index is 11.7. The highest BCUT2D eigenvalue weighted by Crippen LogP contribution is 2.28. The van der Waals surface area contributed by atoms with Crippen LogP contribution in [0.2, 0.25) is 0 Å². The summed E-state index contributed by atoms with van der Waals surface area (Å²) in [5, 5.41) is 0. The summed E-state index contributed by atoms with van der Waals surface area (Å²) in [7, 11) is 1.66. The lowest BCUT2D eigenvalue weighted by Gasteiger charge is -2.12. The second kappa shape index (κ2) is 7.70. The minimum atomic E-state index is 0. The zero-order valence-corrected chi connectivity index (χ0v) is 15.8. The number of rotatable bonds is 5. The van der Waals surface area contributed by atoms with Gasteiger partial charge in [0.15, 0.2) is 5.78 Å². The summed E-state index contributed by atoms with van der Waals surface area (Å²) in [5.74, 6) is 2.25. The van der Waals surface area contributed by atoms with Crippen molar-refractivity contribution in [3.8, 4) is 17.1 Å². The zero-order valence-electron chi connectivity index (χ0n) is 14.9. The molecule has 3 aromatic rings. The summed E-state index contributed by atoms with van der Waals surface area (Å²) < 4.78 is 7.56. The van der Waals surface area contributed by atoms with Crippen LogP contribution in [-0.4, -0.2) is 22.4 Å². The first-order valence-corrected chi connectivity index (χ1v) is 8.15. The summed E-state index contributed by atoms with van der Waals surface area (Å²) in [6.07, 6.45) is 0. The van der Waals surface area contributed by atoms with Gasteiger partial charge in [0.1, 0.15) is 11.6 Å². The van der Waals surface area contributed by atoms with Crippen molar-refractivity contribution in [3.63, 3.8) is 0 Å². The van der Waals surface area contributed by atoms with Gasteiger partial charge in [-0.3, -0.25) is 4.79 Å². The van der Waals surface area contributed by atoms with Crippen LogP contribution in [0.3, 0.4) is 0 Å². The number of ether oxygens (including phenoxy) is 1. The Kier molecular flexibility index (Phi) is 5.85. The molecule has 0 aliphatic rings. The number of hydrogen-bond donors (Lipinski definition) is 0. The van der Waals surface area contributed by atoms with Gasteiger partial charge in [0.2, 0.25) is 0 Å². The van der Waals surface area contributed by atoms with Gasteiger partial charge in [-0.25, -0.2) is 4.98 Å². The molecule has 0 aliphatic heterocycles. The van der Waals surface area contributed by atoms with E-state index in [0.29, 0.717) is 11.5 Å². The predicted molar refractivity (Wildman–Crippen MR) is 104 cm³/mol. The van der Waals surface area contributed by atoms with Crippen LogP contribution in [0.15, 0.2) is 42.5 Å². The van der Waals surface area contributed by atoms with E-state index in [0.717, 1.165) is 34.7 Å². The number of aromatic nitrogens is 2. The van der Waals surface area contributed by atoms with E-state index in [1.54, 1.807) is 14.0 Å². The standard InChI is InChI=1S/C20H22N2O2.ClH/c1-13(2)12-22-19-9-8-15(14(3)23)11-18(19)21-20(22)16-6-5-7-17(10-16)24-4;/h5-11,13H,12H2,1-4H3;1H. The molecule has 0 bridgehead atoms. The van der Waals surface area contributed by atoms with Crippen LogP contribution < -0.4 is 4.74 Å². The van der Waals surface area contributed by atoms with Crippen molar-refractivity contribution >= 4 is 29.2 Å². The topological polar surface area (TPSA) is 44.1 Å². The number of imidazole rings is 1. The fourth-order valence-electron chi connectivity index (χ4n) is 2.88. The Morgan fingerprint density at radius 3 is 2.60 bits per heavy atom. The zero-order chi connectivity index (χ0) is 17.3.